The Hall–Kier alpha value is -1.45. The molecule has 14 heavy (non-hydrogen) atoms. The Morgan fingerprint density at radius 1 is 1.50 bits per heavy atom. The minimum atomic E-state index is 0.241. The van der Waals surface area contributed by atoms with Crippen LogP contribution >= 0.6 is 0 Å². The normalized spacial score (nSPS) is 8.79. The van der Waals surface area contributed by atoms with E-state index in [2.05, 4.69) is 11.9 Å². The Bertz CT molecular complexity index is 327. The van der Waals surface area contributed by atoms with Gasteiger partial charge >= 0.3 is 0 Å². The van der Waals surface area contributed by atoms with Gasteiger partial charge in [0.25, 0.3) is 0 Å². The van der Waals surface area contributed by atoms with Gasteiger partial charge in [0.2, 0.25) is 0 Å². The Labute approximate surface area is 84.6 Å². The average molecular weight is 194 g/mol. The molecule has 4 nitrogen and oxygen atoms in total. The quantitative estimate of drug-likeness (QED) is 0.559. The van der Waals surface area contributed by atoms with Gasteiger partial charge in [-0.2, -0.15) is 0 Å². The molecule has 0 unspecified atom stereocenters. The second-order valence-corrected chi connectivity index (χ2v) is 2.55. The first-order chi connectivity index (χ1) is 6.77. The van der Waals surface area contributed by atoms with Crippen molar-refractivity contribution >= 4 is 6.34 Å². The van der Waals surface area contributed by atoms with Crippen LogP contribution < -0.4 is 5.49 Å². The monoisotopic (exact) mass is 194 g/mol. The summed E-state index contributed by atoms with van der Waals surface area (Å²) in [6.45, 7) is 6.07. The minimum Gasteiger partial charge on any atom is -0.291 e. The molecule has 0 aliphatic rings. The molecule has 4 heteroatoms. The first kappa shape index (κ1) is 12.6. The fourth-order valence-electron chi connectivity index (χ4n) is 0.966. The summed E-state index contributed by atoms with van der Waals surface area (Å²) >= 11 is 0. The van der Waals surface area contributed by atoms with Gasteiger partial charge in [-0.05, 0) is 6.42 Å². The Kier molecular flexibility index (Phi) is 6.28. The van der Waals surface area contributed by atoms with Crippen molar-refractivity contribution in [2.75, 3.05) is 0 Å². The van der Waals surface area contributed by atoms with Crippen molar-refractivity contribution in [3.63, 3.8) is 0 Å². The summed E-state index contributed by atoms with van der Waals surface area (Å²) in [5, 5.41) is 14.4. The van der Waals surface area contributed by atoms with Gasteiger partial charge in [-0.25, -0.2) is 0 Å². The third-order valence-electron chi connectivity index (χ3n) is 1.56. The van der Waals surface area contributed by atoms with Gasteiger partial charge in [0, 0.05) is 6.20 Å². The average Bonchev–Trinajstić information content (AvgIpc) is 2.24. The van der Waals surface area contributed by atoms with Crippen molar-refractivity contribution in [2.24, 2.45) is 0 Å². The molecule has 0 saturated heterocycles. The molecule has 78 valence electrons. The molecule has 1 heterocycles. The lowest BCUT2D eigenvalue weighted by molar-refractivity contribution is 0.835. The van der Waals surface area contributed by atoms with Crippen LogP contribution in [0.5, 0.6) is 0 Å². The summed E-state index contributed by atoms with van der Waals surface area (Å²) in [6.07, 6.45) is 6.23. The van der Waals surface area contributed by atoms with Crippen LogP contribution in [0.15, 0.2) is 12.4 Å². The molecular weight excluding hydrogens is 176 g/mol. The highest BCUT2D eigenvalue weighted by molar-refractivity contribution is 5.53. The molecule has 0 aliphatic heterocycles. The fourth-order valence-corrected chi connectivity index (χ4v) is 0.966. The molecule has 0 saturated carbocycles. The molecule has 0 atom stereocenters. The third-order valence-corrected chi connectivity index (χ3v) is 1.56. The van der Waals surface area contributed by atoms with Crippen molar-refractivity contribution in [2.45, 2.75) is 33.6 Å². The number of aromatic nitrogens is 2. The third kappa shape index (κ3) is 3.51. The van der Waals surface area contributed by atoms with Crippen LogP contribution in [0.2, 0.25) is 0 Å². The smallest absolute Gasteiger partial charge is 0.148 e. The molecule has 0 amide bonds. The number of nitrogens with zero attached hydrogens (tertiary/aromatic N) is 2. The van der Waals surface area contributed by atoms with E-state index in [4.69, 9.17) is 10.8 Å². The molecule has 1 aromatic heterocycles. The number of hydrogen-bond donors (Lipinski definition) is 2. The molecule has 0 bridgehead atoms. The van der Waals surface area contributed by atoms with E-state index in [1.165, 1.54) is 10.8 Å². The minimum absolute atomic E-state index is 0.241. The molecular formula is C10H18N4. The van der Waals surface area contributed by atoms with Crippen LogP contribution in [0.4, 0.5) is 0 Å². The molecule has 1 rings (SSSR count). The van der Waals surface area contributed by atoms with E-state index < -0.39 is 0 Å². The van der Waals surface area contributed by atoms with Crippen molar-refractivity contribution in [1.29, 1.82) is 10.8 Å². The first-order valence-corrected chi connectivity index (χ1v) is 4.90. The summed E-state index contributed by atoms with van der Waals surface area (Å²) in [4.78, 5) is 4.06. The molecule has 0 radical (unpaired) electrons. The largest absolute Gasteiger partial charge is 0.291 e. The van der Waals surface area contributed by atoms with E-state index in [1.807, 2.05) is 13.8 Å². The maximum atomic E-state index is 7.35. The predicted molar refractivity (Wildman–Crippen MR) is 57.6 cm³/mol. The van der Waals surface area contributed by atoms with Gasteiger partial charge in [0.15, 0.2) is 0 Å². The van der Waals surface area contributed by atoms with Crippen LogP contribution in [-0.2, 0) is 6.42 Å². The van der Waals surface area contributed by atoms with Gasteiger partial charge in [0.1, 0.15) is 5.49 Å². The lowest BCUT2D eigenvalue weighted by Crippen LogP contribution is -2.19. The zero-order valence-corrected chi connectivity index (χ0v) is 9.04. The maximum absolute atomic E-state index is 7.35. The van der Waals surface area contributed by atoms with Gasteiger partial charge in [-0.15, -0.1) is 0 Å². The van der Waals surface area contributed by atoms with Crippen LogP contribution in [0, 0.1) is 10.8 Å². The van der Waals surface area contributed by atoms with Gasteiger partial charge in [-0.3, -0.25) is 20.4 Å². The summed E-state index contributed by atoms with van der Waals surface area (Å²) in [5.74, 6) is 0. The molecule has 0 fully saturated rings. The van der Waals surface area contributed by atoms with E-state index in [1.54, 1.807) is 6.20 Å². The number of nitrogens with one attached hydrogen (secondary N) is 2. The summed E-state index contributed by atoms with van der Waals surface area (Å²) in [7, 11) is 0. The van der Waals surface area contributed by atoms with Gasteiger partial charge < -0.3 is 0 Å². The van der Waals surface area contributed by atoms with Crippen molar-refractivity contribution in [3.8, 4) is 0 Å². The molecule has 1 aromatic rings. The summed E-state index contributed by atoms with van der Waals surface area (Å²) in [6, 6.07) is 0. The first-order valence-electron chi connectivity index (χ1n) is 4.90. The van der Waals surface area contributed by atoms with E-state index in [9.17, 15) is 0 Å². The second-order valence-electron chi connectivity index (χ2n) is 2.55. The van der Waals surface area contributed by atoms with Gasteiger partial charge in [0.05, 0.1) is 18.2 Å². The highest BCUT2D eigenvalue weighted by atomic mass is 15.0. The van der Waals surface area contributed by atoms with E-state index >= 15 is 0 Å². The Balaban J connectivity index is 0.000000791. The van der Waals surface area contributed by atoms with Crippen LogP contribution in [-0.4, -0.2) is 15.9 Å². The zero-order valence-electron chi connectivity index (χ0n) is 9.04. The van der Waals surface area contributed by atoms with Crippen LogP contribution in [0.3, 0.4) is 0 Å². The number of hydrogen-bond acceptors (Lipinski definition) is 3. The Morgan fingerprint density at radius 3 is 2.64 bits per heavy atom. The van der Waals surface area contributed by atoms with E-state index in [-0.39, 0.29) is 5.49 Å². The zero-order chi connectivity index (χ0) is 11.0. The Morgan fingerprint density at radius 2 is 2.14 bits per heavy atom. The summed E-state index contributed by atoms with van der Waals surface area (Å²) in [5.41, 5.74) is 1.17. The highest BCUT2D eigenvalue weighted by Crippen LogP contribution is 1.94. The topological polar surface area (TPSA) is 65.5 Å². The lowest BCUT2D eigenvalue weighted by atomic mass is 10.3. The molecule has 0 spiro atoms. The van der Waals surface area contributed by atoms with Crippen LogP contribution in [0.1, 0.15) is 32.9 Å². The maximum Gasteiger partial charge on any atom is 0.148 e. The molecule has 0 aromatic carbocycles. The molecule has 2 N–H and O–H groups in total. The van der Waals surface area contributed by atoms with Crippen LogP contribution in [0.25, 0.3) is 0 Å². The van der Waals surface area contributed by atoms with E-state index in [0.29, 0.717) is 0 Å². The lowest BCUT2D eigenvalue weighted by Gasteiger charge is -2.01. The highest BCUT2D eigenvalue weighted by Gasteiger charge is 1.93. The fraction of sp³-hybridized carbons (Fsp3) is 0.500. The standard InChI is InChI=1S/C8H12N4.C2H6/c1-2-3-7-5-12(6-9)8(10)4-11-7;1-2/h4-6,9-10H,2-3H2,1H3;1-2H3. The summed E-state index contributed by atoms with van der Waals surface area (Å²) < 4.78 is 1.44. The predicted octanol–water partition coefficient (Wildman–Crippen LogP) is 1.80. The second kappa shape index (κ2) is 7.00. The number of aryl methyl sites for hydroxylation is 1. The van der Waals surface area contributed by atoms with Gasteiger partial charge in [-0.1, -0.05) is 27.2 Å². The van der Waals surface area contributed by atoms with Crippen molar-refractivity contribution in [1.82, 2.24) is 9.55 Å². The van der Waals surface area contributed by atoms with Crippen molar-refractivity contribution < 1.29 is 0 Å². The number of rotatable bonds is 3. The SMILES string of the molecule is CC.CCCc1cn(C=N)c(=N)cn1. The molecule has 0 aliphatic carbocycles. The van der Waals surface area contributed by atoms with E-state index in [0.717, 1.165) is 24.9 Å². The van der Waals surface area contributed by atoms with Crippen molar-refractivity contribution in [3.05, 3.63) is 23.6 Å².